The summed E-state index contributed by atoms with van der Waals surface area (Å²) in [6.45, 7) is 2.15. The van der Waals surface area contributed by atoms with Crippen LogP contribution in [0, 0.1) is 23.2 Å². The van der Waals surface area contributed by atoms with Crippen molar-refractivity contribution < 1.29 is 9.18 Å². The highest BCUT2D eigenvalue weighted by atomic mass is 19.1. The quantitative estimate of drug-likeness (QED) is 0.875. The highest BCUT2D eigenvalue weighted by Crippen LogP contribution is 2.40. The van der Waals surface area contributed by atoms with Crippen molar-refractivity contribution in [3.63, 3.8) is 0 Å². The number of anilines is 1. The molecular weight excluding hydrogens is 319 g/mol. The molecular formula is C19H23FN4O. The molecule has 25 heavy (non-hydrogen) atoms. The lowest BCUT2D eigenvalue weighted by molar-refractivity contribution is -0.123. The Morgan fingerprint density at radius 1 is 1.36 bits per heavy atom. The summed E-state index contributed by atoms with van der Waals surface area (Å²) in [6.07, 6.45) is 1.47. The molecule has 2 aliphatic heterocycles. The van der Waals surface area contributed by atoms with Crippen LogP contribution in [0.3, 0.4) is 0 Å². The summed E-state index contributed by atoms with van der Waals surface area (Å²) in [4.78, 5) is 14.7. The Bertz CT molecular complexity index is 703. The summed E-state index contributed by atoms with van der Waals surface area (Å²) in [6, 6.07) is 9.67. The SMILES string of the molecule is N#Cc1cccc(N2C[C@H]3CC[C@H](NC(=O)[C@@H]4C[C@@H](F)CN4)[C@H]3C2)c1. The zero-order valence-electron chi connectivity index (χ0n) is 14.1. The van der Waals surface area contributed by atoms with E-state index >= 15 is 0 Å². The van der Waals surface area contributed by atoms with E-state index in [1.807, 2.05) is 24.3 Å². The normalized spacial score (nSPS) is 33.9. The number of alkyl halides is 1. The number of benzene rings is 1. The lowest BCUT2D eigenvalue weighted by Gasteiger charge is -2.24. The van der Waals surface area contributed by atoms with Gasteiger partial charge in [-0.05, 0) is 37.0 Å². The lowest BCUT2D eigenvalue weighted by atomic mass is 9.97. The third-order valence-electron chi connectivity index (χ3n) is 5.92. The molecule has 0 aromatic heterocycles. The maximum Gasteiger partial charge on any atom is 0.237 e. The third-order valence-corrected chi connectivity index (χ3v) is 5.92. The smallest absolute Gasteiger partial charge is 0.237 e. The first-order chi connectivity index (χ1) is 12.1. The second kappa shape index (κ2) is 6.64. The molecule has 1 aromatic carbocycles. The number of carbonyl (C=O) groups excluding carboxylic acids is 1. The van der Waals surface area contributed by atoms with E-state index in [9.17, 15) is 9.18 Å². The fourth-order valence-electron chi connectivity index (χ4n) is 4.60. The van der Waals surface area contributed by atoms with E-state index in [4.69, 9.17) is 5.26 Å². The number of nitrogens with one attached hydrogen (secondary N) is 2. The van der Waals surface area contributed by atoms with E-state index in [1.165, 1.54) is 0 Å². The van der Waals surface area contributed by atoms with Crippen molar-refractivity contribution >= 4 is 11.6 Å². The van der Waals surface area contributed by atoms with Crippen LogP contribution in [0.15, 0.2) is 24.3 Å². The van der Waals surface area contributed by atoms with Crippen molar-refractivity contribution in [1.82, 2.24) is 10.6 Å². The monoisotopic (exact) mass is 342 g/mol. The Kier molecular flexibility index (Phi) is 4.34. The number of fused-ring (bicyclic) bond motifs is 1. The molecule has 2 N–H and O–H groups in total. The Balaban J connectivity index is 1.39. The zero-order chi connectivity index (χ0) is 17.4. The molecule has 5 atom stereocenters. The molecule has 2 saturated heterocycles. The first-order valence-electron chi connectivity index (χ1n) is 9.07. The van der Waals surface area contributed by atoms with Gasteiger partial charge in [0.2, 0.25) is 5.91 Å². The number of nitriles is 1. The molecule has 6 heteroatoms. The van der Waals surface area contributed by atoms with Gasteiger partial charge < -0.3 is 15.5 Å². The van der Waals surface area contributed by atoms with E-state index in [-0.39, 0.29) is 31.0 Å². The van der Waals surface area contributed by atoms with Gasteiger partial charge in [-0.3, -0.25) is 4.79 Å². The van der Waals surface area contributed by atoms with Crippen molar-refractivity contribution in [1.29, 1.82) is 5.26 Å². The summed E-state index contributed by atoms with van der Waals surface area (Å²) < 4.78 is 13.3. The van der Waals surface area contributed by atoms with Gasteiger partial charge in [0, 0.05) is 43.7 Å². The molecule has 3 aliphatic rings. The summed E-state index contributed by atoms with van der Waals surface area (Å²) in [5.74, 6) is 0.939. The van der Waals surface area contributed by atoms with Gasteiger partial charge in [-0.15, -0.1) is 0 Å². The molecule has 3 fully saturated rings. The van der Waals surface area contributed by atoms with Crippen molar-refractivity contribution in [2.24, 2.45) is 11.8 Å². The molecule has 5 nitrogen and oxygen atoms in total. The molecule has 0 unspecified atom stereocenters. The first kappa shape index (κ1) is 16.3. The Labute approximate surface area is 147 Å². The zero-order valence-corrected chi connectivity index (χ0v) is 14.1. The van der Waals surface area contributed by atoms with Crippen molar-refractivity contribution in [2.45, 2.75) is 37.5 Å². The fourth-order valence-corrected chi connectivity index (χ4v) is 4.60. The van der Waals surface area contributed by atoms with Crippen LogP contribution in [-0.2, 0) is 4.79 Å². The van der Waals surface area contributed by atoms with E-state index in [1.54, 1.807) is 0 Å². The standard InChI is InChI=1S/C19H23FN4O/c20-14-7-18(22-9-14)19(25)23-17-5-4-13-10-24(11-16(13)17)15-3-1-2-12(6-15)8-21/h1-3,6,13-14,16-18,22H,4-5,7,9-11H2,(H,23,25)/t13-,14-,16+,17+,18+/m1/s1. The summed E-state index contributed by atoms with van der Waals surface area (Å²) in [5, 5.41) is 15.2. The van der Waals surface area contributed by atoms with Gasteiger partial charge in [-0.1, -0.05) is 6.07 Å². The van der Waals surface area contributed by atoms with Crippen LogP contribution in [0.5, 0.6) is 0 Å². The number of rotatable bonds is 3. The van der Waals surface area contributed by atoms with Gasteiger partial charge in [0.15, 0.2) is 0 Å². The summed E-state index contributed by atoms with van der Waals surface area (Å²) in [7, 11) is 0. The summed E-state index contributed by atoms with van der Waals surface area (Å²) >= 11 is 0. The van der Waals surface area contributed by atoms with Crippen LogP contribution >= 0.6 is 0 Å². The molecule has 2 heterocycles. The Morgan fingerprint density at radius 3 is 3.00 bits per heavy atom. The fraction of sp³-hybridized carbons (Fsp3) is 0.579. The summed E-state index contributed by atoms with van der Waals surface area (Å²) in [5.41, 5.74) is 1.75. The van der Waals surface area contributed by atoms with Crippen LogP contribution in [-0.4, -0.2) is 43.8 Å². The minimum Gasteiger partial charge on any atom is -0.371 e. The Morgan fingerprint density at radius 2 is 2.24 bits per heavy atom. The molecule has 0 spiro atoms. The van der Waals surface area contributed by atoms with Gasteiger partial charge in [0.1, 0.15) is 6.17 Å². The second-order valence-corrected chi connectivity index (χ2v) is 7.48. The van der Waals surface area contributed by atoms with Crippen LogP contribution < -0.4 is 15.5 Å². The first-order valence-corrected chi connectivity index (χ1v) is 9.07. The van der Waals surface area contributed by atoms with Gasteiger partial charge in [-0.25, -0.2) is 4.39 Å². The number of hydrogen-bond acceptors (Lipinski definition) is 4. The van der Waals surface area contributed by atoms with Gasteiger partial charge in [-0.2, -0.15) is 5.26 Å². The third kappa shape index (κ3) is 3.21. The van der Waals surface area contributed by atoms with Gasteiger partial charge in [0.05, 0.1) is 17.7 Å². The minimum atomic E-state index is -0.915. The Hall–Kier alpha value is -2.13. The average molecular weight is 342 g/mol. The van der Waals surface area contributed by atoms with Crippen LogP contribution in [0.2, 0.25) is 0 Å². The molecule has 0 radical (unpaired) electrons. The van der Waals surface area contributed by atoms with Crippen molar-refractivity contribution in [3.05, 3.63) is 29.8 Å². The highest BCUT2D eigenvalue weighted by molar-refractivity contribution is 5.82. The molecule has 0 bridgehead atoms. The van der Waals surface area contributed by atoms with Crippen molar-refractivity contribution in [3.8, 4) is 6.07 Å². The molecule has 4 rings (SSSR count). The molecule has 132 valence electrons. The van der Waals surface area contributed by atoms with Gasteiger partial charge >= 0.3 is 0 Å². The molecule has 1 saturated carbocycles. The maximum absolute atomic E-state index is 13.3. The largest absolute Gasteiger partial charge is 0.371 e. The van der Waals surface area contributed by atoms with Crippen LogP contribution in [0.25, 0.3) is 0 Å². The molecule has 1 aromatic rings. The molecule has 1 amide bonds. The van der Waals surface area contributed by atoms with E-state index in [0.29, 0.717) is 17.4 Å². The lowest BCUT2D eigenvalue weighted by Crippen LogP contribution is -2.47. The van der Waals surface area contributed by atoms with Gasteiger partial charge in [0.25, 0.3) is 0 Å². The van der Waals surface area contributed by atoms with E-state index in [2.05, 4.69) is 21.6 Å². The number of nitrogens with zero attached hydrogens (tertiary/aromatic N) is 2. The van der Waals surface area contributed by atoms with Crippen LogP contribution in [0.4, 0.5) is 10.1 Å². The van der Waals surface area contributed by atoms with E-state index in [0.717, 1.165) is 31.6 Å². The molecule has 1 aliphatic carbocycles. The highest BCUT2D eigenvalue weighted by Gasteiger charge is 2.44. The predicted octanol–water partition coefficient (Wildman–Crippen LogP) is 1.59. The number of carbonyl (C=O) groups is 1. The minimum absolute atomic E-state index is 0.0595. The maximum atomic E-state index is 13.3. The number of halogens is 1. The predicted molar refractivity (Wildman–Crippen MR) is 92.8 cm³/mol. The number of hydrogen-bond donors (Lipinski definition) is 2. The second-order valence-electron chi connectivity index (χ2n) is 7.48. The van der Waals surface area contributed by atoms with E-state index < -0.39 is 6.17 Å². The average Bonchev–Trinajstić information content (AvgIpc) is 3.32. The topological polar surface area (TPSA) is 68.2 Å². The van der Waals surface area contributed by atoms with Crippen LogP contribution in [0.1, 0.15) is 24.8 Å². The van der Waals surface area contributed by atoms with Crippen molar-refractivity contribution in [2.75, 3.05) is 24.5 Å². The number of amides is 1.